The van der Waals surface area contributed by atoms with Gasteiger partial charge in [-0.1, -0.05) is 129 Å². The Hall–Kier alpha value is -5.74. The van der Waals surface area contributed by atoms with Crippen molar-refractivity contribution in [3.05, 3.63) is 175 Å². The first kappa shape index (κ1) is 29.9. The third-order valence-corrected chi connectivity index (χ3v) is 13.6. The Morgan fingerprint density at radius 1 is 0.423 bits per heavy atom. The van der Waals surface area contributed by atoms with Gasteiger partial charge < -0.3 is 4.90 Å². The van der Waals surface area contributed by atoms with Gasteiger partial charge in [-0.2, -0.15) is 0 Å². The van der Waals surface area contributed by atoms with Crippen molar-refractivity contribution in [1.29, 1.82) is 0 Å². The van der Waals surface area contributed by atoms with E-state index in [0.717, 1.165) is 17.1 Å². The van der Waals surface area contributed by atoms with E-state index in [1.165, 1.54) is 84.5 Å². The van der Waals surface area contributed by atoms with Crippen molar-refractivity contribution in [3.8, 4) is 22.3 Å². The molecule has 0 amide bonds. The number of hydrogen-bond acceptors (Lipinski definition) is 3. The normalized spacial score (nSPS) is 13.3. The van der Waals surface area contributed by atoms with Crippen LogP contribution in [-0.4, -0.2) is 0 Å². The lowest BCUT2D eigenvalue weighted by Gasteiger charge is -2.27. The second-order valence-corrected chi connectivity index (χ2v) is 16.6. The highest BCUT2D eigenvalue weighted by Crippen LogP contribution is 2.51. The summed E-state index contributed by atoms with van der Waals surface area (Å²) in [4.78, 5) is 2.44. The number of hydrogen-bond donors (Lipinski definition) is 0. The Morgan fingerprint density at radius 3 is 1.88 bits per heavy atom. The van der Waals surface area contributed by atoms with Gasteiger partial charge in [0.05, 0.1) is 0 Å². The molecule has 2 aromatic heterocycles. The van der Waals surface area contributed by atoms with Gasteiger partial charge in [0, 0.05) is 68.2 Å². The fourth-order valence-corrected chi connectivity index (χ4v) is 11.1. The Kier molecular flexibility index (Phi) is 6.41. The van der Waals surface area contributed by atoms with E-state index in [0.29, 0.717) is 0 Å². The van der Waals surface area contributed by atoms with Crippen LogP contribution in [-0.2, 0) is 5.41 Å². The Labute approximate surface area is 310 Å². The number of benzene rings is 8. The molecule has 52 heavy (non-hydrogen) atoms. The molecular weight excluding hydrogens is 667 g/mol. The topological polar surface area (TPSA) is 3.24 Å². The van der Waals surface area contributed by atoms with E-state index in [2.05, 4.69) is 183 Å². The van der Waals surface area contributed by atoms with Crippen LogP contribution < -0.4 is 4.90 Å². The van der Waals surface area contributed by atoms with Crippen LogP contribution in [0.25, 0.3) is 73.4 Å². The first-order valence-electron chi connectivity index (χ1n) is 17.9. The molecule has 0 bridgehead atoms. The second-order valence-electron chi connectivity index (χ2n) is 14.5. The lowest BCUT2D eigenvalue weighted by atomic mass is 9.82. The highest BCUT2D eigenvalue weighted by atomic mass is 32.1. The molecule has 10 aromatic rings. The zero-order valence-corrected chi connectivity index (χ0v) is 30.5. The minimum atomic E-state index is -0.0365. The van der Waals surface area contributed by atoms with Crippen molar-refractivity contribution < 1.29 is 0 Å². The second kappa shape index (κ2) is 11.1. The van der Waals surface area contributed by atoms with E-state index in [4.69, 9.17) is 0 Å². The fourth-order valence-electron chi connectivity index (χ4n) is 8.73. The summed E-state index contributed by atoms with van der Waals surface area (Å²) in [7, 11) is 0. The van der Waals surface area contributed by atoms with E-state index in [9.17, 15) is 0 Å². The molecular formula is C49H33NS2. The quantitative estimate of drug-likeness (QED) is 0.177. The van der Waals surface area contributed by atoms with Crippen LogP contribution in [0.2, 0.25) is 0 Å². The first-order valence-corrected chi connectivity index (χ1v) is 19.6. The van der Waals surface area contributed by atoms with Crippen LogP contribution in [0.5, 0.6) is 0 Å². The predicted molar refractivity (Wildman–Crippen MR) is 227 cm³/mol. The molecule has 0 unspecified atom stereocenters. The highest BCUT2D eigenvalue weighted by molar-refractivity contribution is 7.27. The van der Waals surface area contributed by atoms with Gasteiger partial charge in [0.25, 0.3) is 0 Å². The van der Waals surface area contributed by atoms with E-state index < -0.39 is 0 Å². The minimum Gasteiger partial charge on any atom is -0.310 e. The van der Waals surface area contributed by atoms with Crippen molar-refractivity contribution >= 4 is 90.9 Å². The molecule has 3 heteroatoms. The lowest BCUT2D eigenvalue weighted by molar-refractivity contribution is 0.660. The van der Waals surface area contributed by atoms with Crippen LogP contribution in [0.4, 0.5) is 17.1 Å². The fraction of sp³-hybridized carbons (Fsp3) is 0.0612. The maximum Gasteiger partial charge on any atom is 0.0476 e. The van der Waals surface area contributed by atoms with Crippen molar-refractivity contribution in [2.24, 2.45) is 0 Å². The van der Waals surface area contributed by atoms with E-state index in [-0.39, 0.29) is 5.41 Å². The first-order chi connectivity index (χ1) is 25.5. The van der Waals surface area contributed by atoms with Gasteiger partial charge in [0.1, 0.15) is 0 Å². The van der Waals surface area contributed by atoms with Gasteiger partial charge in [-0.3, -0.25) is 0 Å². The van der Waals surface area contributed by atoms with E-state index >= 15 is 0 Å². The predicted octanol–water partition coefficient (Wildman–Crippen LogP) is 15.0. The monoisotopic (exact) mass is 699 g/mol. The van der Waals surface area contributed by atoms with Crippen molar-refractivity contribution in [2.75, 3.05) is 4.90 Å². The molecule has 0 radical (unpaired) electrons. The number of thiophene rings is 2. The number of nitrogens with zero attached hydrogens (tertiary/aromatic N) is 1. The molecule has 1 aliphatic carbocycles. The third kappa shape index (κ3) is 4.33. The van der Waals surface area contributed by atoms with Crippen LogP contribution in [0.15, 0.2) is 164 Å². The molecule has 2 heterocycles. The molecule has 0 N–H and O–H groups in total. The van der Waals surface area contributed by atoms with Crippen LogP contribution >= 0.6 is 22.7 Å². The SMILES string of the molecule is CC1(C)c2ccccc2-c2cc(N(c3ccc(-c4cccc5ccc6c7ccccc7sc6c45)cc3)c3ccc4c(c3)sc3ccccc34)ccc21. The zero-order valence-electron chi connectivity index (χ0n) is 28.9. The summed E-state index contributed by atoms with van der Waals surface area (Å²) in [6.07, 6.45) is 0. The average molecular weight is 700 g/mol. The molecule has 1 nitrogen and oxygen atoms in total. The van der Waals surface area contributed by atoms with Crippen molar-refractivity contribution in [2.45, 2.75) is 19.3 Å². The van der Waals surface area contributed by atoms with Gasteiger partial charge in [-0.15, -0.1) is 22.7 Å². The van der Waals surface area contributed by atoms with Gasteiger partial charge in [-0.25, -0.2) is 0 Å². The average Bonchev–Trinajstić information content (AvgIpc) is 3.82. The van der Waals surface area contributed by atoms with E-state index in [1.54, 1.807) is 0 Å². The summed E-state index contributed by atoms with van der Waals surface area (Å²) in [5.74, 6) is 0. The number of rotatable bonds is 4. The summed E-state index contributed by atoms with van der Waals surface area (Å²) < 4.78 is 5.32. The van der Waals surface area contributed by atoms with Gasteiger partial charge in [0.2, 0.25) is 0 Å². The maximum absolute atomic E-state index is 2.44. The Morgan fingerprint density at radius 2 is 1.04 bits per heavy atom. The van der Waals surface area contributed by atoms with Gasteiger partial charge in [0.15, 0.2) is 0 Å². The van der Waals surface area contributed by atoms with Crippen LogP contribution in [0.1, 0.15) is 25.0 Å². The molecule has 11 rings (SSSR count). The molecule has 0 spiro atoms. The molecule has 0 saturated heterocycles. The molecule has 0 saturated carbocycles. The van der Waals surface area contributed by atoms with Gasteiger partial charge in [-0.05, 0) is 87.3 Å². The smallest absolute Gasteiger partial charge is 0.0476 e. The van der Waals surface area contributed by atoms with Crippen molar-refractivity contribution in [3.63, 3.8) is 0 Å². The number of fused-ring (bicyclic) bond motifs is 11. The Bertz CT molecular complexity index is 3050. The molecule has 246 valence electrons. The zero-order chi connectivity index (χ0) is 34.6. The summed E-state index contributed by atoms with van der Waals surface area (Å²) in [5.41, 5.74) is 11.4. The third-order valence-electron chi connectivity index (χ3n) is 11.3. The standard InChI is InChI=1S/C49H33NS2/c1-49(2)42-15-6-3-11-36(42)41-28-33(24-27-43(41)49)50(34-23-26-39-37-12-4-7-16-44(37)51-46(39)29-34)32-21-18-30(19-22-32)35-14-9-10-31-20-25-40-38-13-5-8-17-45(38)52-48(40)47(31)35/h3-29H,1-2H3. The molecule has 0 fully saturated rings. The molecule has 1 aliphatic rings. The summed E-state index contributed by atoms with van der Waals surface area (Å²) >= 11 is 3.77. The Balaban J connectivity index is 1.09. The summed E-state index contributed by atoms with van der Waals surface area (Å²) in [6.45, 7) is 4.70. The summed E-state index contributed by atoms with van der Waals surface area (Å²) in [5, 5.41) is 7.92. The maximum atomic E-state index is 2.44. The molecule has 0 atom stereocenters. The minimum absolute atomic E-state index is 0.0365. The largest absolute Gasteiger partial charge is 0.310 e. The molecule has 0 aliphatic heterocycles. The summed E-state index contributed by atoms with van der Waals surface area (Å²) in [6, 6.07) is 61.1. The van der Waals surface area contributed by atoms with Crippen LogP contribution in [0.3, 0.4) is 0 Å². The number of anilines is 3. The van der Waals surface area contributed by atoms with E-state index in [1.807, 2.05) is 22.7 Å². The highest BCUT2D eigenvalue weighted by Gasteiger charge is 2.35. The van der Waals surface area contributed by atoms with Crippen LogP contribution in [0, 0.1) is 0 Å². The molecule has 8 aromatic carbocycles. The van der Waals surface area contributed by atoms with Gasteiger partial charge >= 0.3 is 0 Å². The lowest BCUT2D eigenvalue weighted by Crippen LogP contribution is -2.15. The van der Waals surface area contributed by atoms with Crippen molar-refractivity contribution in [1.82, 2.24) is 0 Å².